The zero-order valence-electron chi connectivity index (χ0n) is 6.58. The molecule has 2 nitrogen and oxygen atoms in total. The number of alkyl halides is 6. The molecule has 0 aromatic rings. The fourth-order valence-electron chi connectivity index (χ4n) is 0.161. The largest absolute Gasteiger partial charge is 1.00 e. The molecule has 0 aliphatic heterocycles. The molecule has 0 N–H and O–H groups in total. The van der Waals surface area contributed by atoms with E-state index in [9.17, 15) is 36.6 Å². The van der Waals surface area contributed by atoms with Crippen molar-refractivity contribution >= 4 is 0 Å². The molecule has 10 heteroatoms. The van der Waals surface area contributed by atoms with Gasteiger partial charge < -0.3 is 10.2 Å². The first-order valence-corrected chi connectivity index (χ1v) is 2.04. The van der Waals surface area contributed by atoms with Crippen LogP contribution in [0.1, 0.15) is 0 Å². The van der Waals surface area contributed by atoms with Crippen LogP contribution in [0.25, 0.3) is 0 Å². The van der Waals surface area contributed by atoms with Gasteiger partial charge in [0.25, 0.3) is 0 Å². The van der Waals surface area contributed by atoms with E-state index in [1.54, 1.807) is 0 Å². The van der Waals surface area contributed by atoms with Crippen LogP contribution in [-0.4, -0.2) is 18.1 Å². The van der Waals surface area contributed by atoms with Crippen molar-refractivity contribution in [1.82, 2.24) is 0 Å². The Hall–Kier alpha value is 0.695. The Labute approximate surface area is 92.6 Å². The van der Waals surface area contributed by atoms with Crippen LogP contribution in [0, 0.1) is 0 Å². The van der Waals surface area contributed by atoms with Gasteiger partial charge in [0.15, 0.2) is 0 Å². The molecule has 0 rings (SSSR count). The number of hydrogen-bond donors (Lipinski definition) is 0. The summed E-state index contributed by atoms with van der Waals surface area (Å²) >= 11 is 0. The molecule has 0 fully saturated rings. The van der Waals surface area contributed by atoms with Gasteiger partial charge in [-0.25, -0.2) is 0 Å². The van der Waals surface area contributed by atoms with Crippen LogP contribution in [0.5, 0.6) is 0 Å². The summed E-state index contributed by atoms with van der Waals surface area (Å²) in [5.74, 6) is -6.12. The van der Waals surface area contributed by atoms with Gasteiger partial charge in [-0.05, 0) is 5.79 Å². The summed E-state index contributed by atoms with van der Waals surface area (Å²) in [4.78, 5) is 0. The SMILES string of the molecule is [Li+].[Li+].[O-]C([O-])(C(F)(F)F)C(F)(F)F. The first kappa shape index (κ1) is 19.3. The maximum atomic E-state index is 11.0. The molecule has 0 aromatic carbocycles. The first-order valence-electron chi connectivity index (χ1n) is 2.04. The van der Waals surface area contributed by atoms with E-state index in [4.69, 9.17) is 0 Å². The van der Waals surface area contributed by atoms with Gasteiger partial charge in [0.1, 0.15) is 0 Å². The van der Waals surface area contributed by atoms with Crippen molar-refractivity contribution in [3.05, 3.63) is 0 Å². The molecule has 0 unspecified atom stereocenters. The maximum absolute atomic E-state index is 11.0. The smallest absolute Gasteiger partial charge is 0.850 e. The minimum absolute atomic E-state index is 0. The molecule has 0 spiro atoms. The minimum Gasteiger partial charge on any atom is -0.850 e. The monoisotopic (exact) mass is 196 g/mol. The second-order valence-corrected chi connectivity index (χ2v) is 1.61. The number of rotatable bonds is 0. The molecule has 0 heterocycles. The van der Waals surface area contributed by atoms with Gasteiger partial charge in [-0.1, -0.05) is 0 Å². The summed E-state index contributed by atoms with van der Waals surface area (Å²) in [5, 5.41) is 18.7. The third-order valence-electron chi connectivity index (χ3n) is 0.746. The van der Waals surface area contributed by atoms with Gasteiger partial charge in [-0.2, -0.15) is 26.3 Å². The van der Waals surface area contributed by atoms with Gasteiger partial charge in [0, 0.05) is 0 Å². The van der Waals surface area contributed by atoms with Crippen LogP contribution in [0.2, 0.25) is 0 Å². The number of halogens is 6. The topological polar surface area (TPSA) is 46.1 Å². The van der Waals surface area contributed by atoms with E-state index in [0.29, 0.717) is 0 Å². The quantitative estimate of drug-likeness (QED) is 0.219. The first-order chi connectivity index (χ1) is 4.50. The Morgan fingerprint density at radius 2 is 0.769 bits per heavy atom. The summed E-state index contributed by atoms with van der Waals surface area (Å²) in [6.07, 6.45) is -12.7. The van der Waals surface area contributed by atoms with E-state index >= 15 is 0 Å². The molecular formula is C3F6Li2O2. The van der Waals surface area contributed by atoms with Crippen LogP contribution in [-0.2, 0) is 0 Å². The van der Waals surface area contributed by atoms with E-state index in [0.717, 1.165) is 0 Å². The zero-order chi connectivity index (χ0) is 9.50. The molecule has 0 amide bonds. The Morgan fingerprint density at radius 3 is 0.769 bits per heavy atom. The van der Waals surface area contributed by atoms with Gasteiger partial charge >= 0.3 is 50.1 Å². The van der Waals surface area contributed by atoms with Crippen LogP contribution < -0.4 is 47.9 Å². The van der Waals surface area contributed by atoms with Crippen molar-refractivity contribution in [2.24, 2.45) is 0 Å². The van der Waals surface area contributed by atoms with Crippen LogP contribution in [0.4, 0.5) is 26.3 Å². The molecule has 68 valence electrons. The molecule has 0 atom stereocenters. The molecule has 0 bridgehead atoms. The predicted molar refractivity (Wildman–Crippen MR) is 14.8 cm³/mol. The van der Waals surface area contributed by atoms with Crippen molar-refractivity contribution in [1.29, 1.82) is 0 Å². The molecular weight excluding hydrogens is 196 g/mol. The van der Waals surface area contributed by atoms with E-state index < -0.39 is 18.1 Å². The zero-order valence-corrected chi connectivity index (χ0v) is 6.58. The van der Waals surface area contributed by atoms with Crippen LogP contribution in [0.3, 0.4) is 0 Å². The third kappa shape index (κ3) is 4.15. The molecule has 0 aliphatic carbocycles. The Balaban J connectivity index is -0.000000500. The van der Waals surface area contributed by atoms with Gasteiger partial charge in [-0.15, -0.1) is 0 Å². The van der Waals surface area contributed by atoms with Crippen molar-refractivity contribution in [2.75, 3.05) is 0 Å². The molecule has 0 saturated carbocycles. The summed E-state index contributed by atoms with van der Waals surface area (Å²) in [6, 6.07) is 0. The molecule has 0 aromatic heterocycles. The van der Waals surface area contributed by atoms with E-state index in [1.807, 2.05) is 0 Å². The van der Waals surface area contributed by atoms with E-state index in [-0.39, 0.29) is 37.7 Å². The van der Waals surface area contributed by atoms with Crippen LogP contribution >= 0.6 is 0 Å². The fourth-order valence-corrected chi connectivity index (χ4v) is 0.161. The molecule has 0 radical (unpaired) electrons. The summed E-state index contributed by atoms with van der Waals surface area (Å²) in [7, 11) is 0. The molecule has 0 aliphatic rings. The fraction of sp³-hybridized carbons (Fsp3) is 1.00. The minimum atomic E-state index is -6.36. The van der Waals surface area contributed by atoms with Gasteiger partial charge in [0.2, 0.25) is 0 Å². The van der Waals surface area contributed by atoms with Gasteiger partial charge in [-0.3, -0.25) is 0 Å². The second kappa shape index (κ2) is 4.97. The van der Waals surface area contributed by atoms with E-state index in [2.05, 4.69) is 0 Å². The van der Waals surface area contributed by atoms with E-state index in [1.165, 1.54) is 0 Å². The third-order valence-corrected chi connectivity index (χ3v) is 0.746. The standard InChI is InChI=1S/C3F6O2.2Li/c4-2(5,6)1(10,11)3(7,8)9;;/q-2;2*+1. The second-order valence-electron chi connectivity index (χ2n) is 1.61. The molecule has 13 heavy (non-hydrogen) atoms. The predicted octanol–water partition coefficient (Wildman–Crippen LogP) is -6.46. The normalized spacial score (nSPS) is 12.9. The maximum Gasteiger partial charge on any atom is 1.00 e. The Morgan fingerprint density at radius 1 is 0.615 bits per heavy atom. The van der Waals surface area contributed by atoms with Crippen molar-refractivity contribution < 1.29 is 74.3 Å². The van der Waals surface area contributed by atoms with Gasteiger partial charge in [0.05, 0.1) is 0 Å². The summed E-state index contributed by atoms with van der Waals surface area (Å²) in [5.41, 5.74) is 0. The average Bonchev–Trinajstić information content (AvgIpc) is 1.58. The summed E-state index contributed by atoms with van der Waals surface area (Å²) in [6.45, 7) is 0. The van der Waals surface area contributed by atoms with Crippen LogP contribution in [0.15, 0.2) is 0 Å². The Bertz CT molecular complexity index is 135. The average molecular weight is 196 g/mol. The molecule has 0 saturated heterocycles. The van der Waals surface area contributed by atoms with Crippen molar-refractivity contribution in [3.8, 4) is 0 Å². The van der Waals surface area contributed by atoms with Crippen molar-refractivity contribution in [2.45, 2.75) is 18.1 Å². The Kier molecular flexibility index (Phi) is 7.37. The number of hydrogen-bond acceptors (Lipinski definition) is 2. The van der Waals surface area contributed by atoms with Crippen molar-refractivity contribution in [3.63, 3.8) is 0 Å². The summed E-state index contributed by atoms with van der Waals surface area (Å²) < 4.78 is 65.9.